The average molecular weight is 276 g/mol. The van der Waals surface area contributed by atoms with Gasteiger partial charge in [-0.25, -0.2) is 0 Å². The largest absolute Gasteiger partial charge is 0.310 e. The Morgan fingerprint density at radius 3 is 2.95 bits per heavy atom. The summed E-state index contributed by atoms with van der Waals surface area (Å²) >= 11 is 6.03. The van der Waals surface area contributed by atoms with Gasteiger partial charge in [0.25, 0.3) is 0 Å². The number of aryl methyl sites for hydroxylation is 1. The van der Waals surface area contributed by atoms with Crippen LogP contribution in [-0.2, 0) is 6.54 Å². The molecule has 1 aliphatic carbocycles. The Bertz CT molecular complexity index is 558. The van der Waals surface area contributed by atoms with Crippen molar-refractivity contribution in [2.45, 2.75) is 38.3 Å². The lowest BCUT2D eigenvalue weighted by Crippen LogP contribution is -2.39. The van der Waals surface area contributed by atoms with Crippen molar-refractivity contribution in [1.82, 2.24) is 15.5 Å². The molecular weight excluding hydrogens is 258 g/mol. The van der Waals surface area contributed by atoms with Gasteiger partial charge in [-0.1, -0.05) is 23.7 Å². The van der Waals surface area contributed by atoms with E-state index in [1.54, 1.807) is 0 Å². The standard InChI is InChI=1S/C15H18ClN3/c1-10-13(9-18-19-10)8-17-15-6-12(7-15)11-3-2-4-14(16)5-11/h2-5,9,12,15,17H,6-8H2,1H3,(H,18,19). The fourth-order valence-electron chi connectivity index (χ4n) is 2.63. The van der Waals surface area contributed by atoms with Crippen molar-refractivity contribution in [3.05, 3.63) is 52.3 Å². The van der Waals surface area contributed by atoms with E-state index in [-0.39, 0.29) is 0 Å². The quantitative estimate of drug-likeness (QED) is 0.898. The molecule has 0 amide bonds. The highest BCUT2D eigenvalue weighted by molar-refractivity contribution is 6.30. The minimum Gasteiger partial charge on any atom is -0.310 e. The molecule has 0 aliphatic heterocycles. The topological polar surface area (TPSA) is 40.7 Å². The number of halogens is 1. The first kappa shape index (κ1) is 12.7. The van der Waals surface area contributed by atoms with Crippen LogP contribution in [0.3, 0.4) is 0 Å². The zero-order chi connectivity index (χ0) is 13.2. The molecule has 2 aromatic rings. The molecule has 0 radical (unpaired) electrons. The van der Waals surface area contributed by atoms with E-state index in [0.29, 0.717) is 12.0 Å². The Hall–Kier alpha value is -1.32. The second kappa shape index (κ2) is 5.35. The second-order valence-electron chi connectivity index (χ2n) is 5.32. The van der Waals surface area contributed by atoms with Gasteiger partial charge in [0.1, 0.15) is 0 Å². The van der Waals surface area contributed by atoms with E-state index >= 15 is 0 Å². The van der Waals surface area contributed by atoms with Crippen molar-refractivity contribution in [1.29, 1.82) is 0 Å². The Kier molecular flexibility index (Phi) is 3.58. The minimum absolute atomic E-state index is 0.610. The number of nitrogens with one attached hydrogen (secondary N) is 2. The molecule has 1 aromatic heterocycles. The molecule has 3 nitrogen and oxygen atoms in total. The van der Waals surface area contributed by atoms with Crippen LogP contribution in [0.2, 0.25) is 5.02 Å². The van der Waals surface area contributed by atoms with Crippen LogP contribution in [0, 0.1) is 6.92 Å². The molecule has 0 saturated heterocycles. The van der Waals surface area contributed by atoms with E-state index in [0.717, 1.165) is 17.3 Å². The van der Waals surface area contributed by atoms with Crippen LogP contribution in [0.1, 0.15) is 35.6 Å². The number of rotatable bonds is 4. The van der Waals surface area contributed by atoms with Crippen LogP contribution in [0.5, 0.6) is 0 Å². The van der Waals surface area contributed by atoms with Crippen molar-refractivity contribution < 1.29 is 0 Å². The molecule has 0 bridgehead atoms. The molecule has 1 heterocycles. The predicted octanol–water partition coefficient (Wildman–Crippen LogP) is 3.41. The maximum absolute atomic E-state index is 6.03. The normalized spacial score (nSPS) is 22.2. The summed E-state index contributed by atoms with van der Waals surface area (Å²) in [6.07, 6.45) is 4.28. The summed E-state index contributed by atoms with van der Waals surface area (Å²) in [6.45, 7) is 2.95. The van der Waals surface area contributed by atoms with Gasteiger partial charge in [-0.3, -0.25) is 5.10 Å². The van der Waals surface area contributed by atoms with Crippen LogP contribution in [-0.4, -0.2) is 16.2 Å². The van der Waals surface area contributed by atoms with E-state index in [1.807, 2.05) is 18.3 Å². The number of H-pyrrole nitrogens is 1. The molecule has 1 saturated carbocycles. The van der Waals surface area contributed by atoms with Gasteiger partial charge in [-0.15, -0.1) is 0 Å². The van der Waals surface area contributed by atoms with Gasteiger partial charge in [0.05, 0.1) is 6.20 Å². The van der Waals surface area contributed by atoms with E-state index in [4.69, 9.17) is 11.6 Å². The van der Waals surface area contributed by atoms with Gasteiger partial charge in [0.15, 0.2) is 0 Å². The number of hydrogen-bond acceptors (Lipinski definition) is 2. The lowest BCUT2D eigenvalue weighted by Gasteiger charge is -2.36. The summed E-state index contributed by atoms with van der Waals surface area (Å²) in [5.74, 6) is 0.654. The first-order valence-corrected chi connectivity index (χ1v) is 7.08. The van der Waals surface area contributed by atoms with Gasteiger partial charge in [0, 0.05) is 28.9 Å². The fourth-order valence-corrected chi connectivity index (χ4v) is 2.82. The van der Waals surface area contributed by atoms with Crippen molar-refractivity contribution in [3.63, 3.8) is 0 Å². The molecule has 1 aromatic carbocycles. The van der Waals surface area contributed by atoms with Crippen molar-refractivity contribution in [2.24, 2.45) is 0 Å². The number of aromatic amines is 1. The highest BCUT2D eigenvalue weighted by atomic mass is 35.5. The van der Waals surface area contributed by atoms with Gasteiger partial charge in [0.2, 0.25) is 0 Å². The third kappa shape index (κ3) is 2.82. The van der Waals surface area contributed by atoms with Crippen LogP contribution >= 0.6 is 11.6 Å². The van der Waals surface area contributed by atoms with Crippen LogP contribution in [0.25, 0.3) is 0 Å². The molecule has 1 aliphatic rings. The van der Waals surface area contributed by atoms with Crippen molar-refractivity contribution >= 4 is 11.6 Å². The third-order valence-corrected chi connectivity index (χ3v) is 4.21. The molecule has 2 N–H and O–H groups in total. The molecule has 3 rings (SSSR count). The maximum atomic E-state index is 6.03. The first-order valence-electron chi connectivity index (χ1n) is 6.70. The van der Waals surface area contributed by atoms with E-state index in [1.165, 1.54) is 24.0 Å². The fraction of sp³-hybridized carbons (Fsp3) is 0.400. The van der Waals surface area contributed by atoms with Gasteiger partial charge in [-0.05, 0) is 43.4 Å². The molecule has 0 unspecified atom stereocenters. The van der Waals surface area contributed by atoms with Gasteiger partial charge < -0.3 is 5.32 Å². The molecule has 4 heteroatoms. The second-order valence-corrected chi connectivity index (χ2v) is 5.76. The highest BCUT2D eigenvalue weighted by Crippen LogP contribution is 2.37. The lowest BCUT2D eigenvalue weighted by atomic mass is 9.76. The van der Waals surface area contributed by atoms with Gasteiger partial charge >= 0.3 is 0 Å². The molecule has 0 atom stereocenters. The Morgan fingerprint density at radius 1 is 1.42 bits per heavy atom. The maximum Gasteiger partial charge on any atom is 0.0535 e. The van der Waals surface area contributed by atoms with Crippen LogP contribution in [0.4, 0.5) is 0 Å². The third-order valence-electron chi connectivity index (χ3n) is 3.97. The summed E-state index contributed by atoms with van der Waals surface area (Å²) in [4.78, 5) is 0. The van der Waals surface area contributed by atoms with E-state index < -0.39 is 0 Å². The summed E-state index contributed by atoms with van der Waals surface area (Å²) in [6, 6.07) is 8.84. The number of nitrogens with zero attached hydrogens (tertiary/aromatic N) is 1. The zero-order valence-electron chi connectivity index (χ0n) is 11.0. The highest BCUT2D eigenvalue weighted by Gasteiger charge is 2.29. The van der Waals surface area contributed by atoms with E-state index in [2.05, 4.69) is 34.6 Å². The van der Waals surface area contributed by atoms with Gasteiger partial charge in [-0.2, -0.15) is 5.10 Å². The summed E-state index contributed by atoms with van der Waals surface area (Å²) < 4.78 is 0. The monoisotopic (exact) mass is 275 g/mol. The van der Waals surface area contributed by atoms with E-state index in [9.17, 15) is 0 Å². The zero-order valence-corrected chi connectivity index (χ0v) is 11.7. The number of hydrogen-bond donors (Lipinski definition) is 2. The Labute approximate surface area is 118 Å². The smallest absolute Gasteiger partial charge is 0.0535 e. The number of benzene rings is 1. The van der Waals surface area contributed by atoms with Crippen molar-refractivity contribution in [2.75, 3.05) is 0 Å². The molecule has 1 fully saturated rings. The molecule has 0 spiro atoms. The number of aromatic nitrogens is 2. The Balaban J connectivity index is 1.49. The first-order chi connectivity index (χ1) is 9.22. The lowest BCUT2D eigenvalue weighted by molar-refractivity contribution is 0.289. The molecular formula is C15H18ClN3. The average Bonchev–Trinajstić information content (AvgIpc) is 2.73. The minimum atomic E-state index is 0.610. The summed E-state index contributed by atoms with van der Waals surface area (Å²) in [5.41, 5.74) is 3.77. The summed E-state index contributed by atoms with van der Waals surface area (Å²) in [7, 11) is 0. The van der Waals surface area contributed by atoms with Crippen molar-refractivity contribution in [3.8, 4) is 0 Å². The predicted molar refractivity (Wildman–Crippen MR) is 77.4 cm³/mol. The Morgan fingerprint density at radius 2 is 2.26 bits per heavy atom. The molecule has 19 heavy (non-hydrogen) atoms. The summed E-state index contributed by atoms with van der Waals surface area (Å²) in [5, 5.41) is 11.4. The SMILES string of the molecule is Cc1[nH]ncc1CNC1CC(c2cccc(Cl)c2)C1. The van der Waals surface area contributed by atoms with Crippen LogP contribution < -0.4 is 5.32 Å². The molecule has 100 valence electrons. The van der Waals surface area contributed by atoms with Crippen LogP contribution in [0.15, 0.2) is 30.5 Å².